The number of benzene rings is 1. The molecule has 1 aromatic carbocycles. The number of carbonyl (C=O) groups excluding carboxylic acids is 1. The van der Waals surface area contributed by atoms with Crippen molar-refractivity contribution in [3.05, 3.63) is 34.3 Å². The van der Waals surface area contributed by atoms with Gasteiger partial charge in [-0.05, 0) is 30.5 Å². The zero-order valence-corrected chi connectivity index (χ0v) is 11.9. The first-order valence-corrected chi connectivity index (χ1v) is 7.06. The van der Waals surface area contributed by atoms with E-state index in [1.54, 1.807) is 0 Å². The summed E-state index contributed by atoms with van der Waals surface area (Å²) < 4.78 is 6.26. The zero-order valence-electron chi connectivity index (χ0n) is 10.3. The van der Waals surface area contributed by atoms with E-state index in [0.29, 0.717) is 13.0 Å². The number of carbonyl (C=O) groups is 1. The smallest absolute Gasteiger partial charge is 0.307 e. The Hall–Kier alpha value is -0.870. The average molecular weight is 312 g/mol. The summed E-state index contributed by atoms with van der Waals surface area (Å²) in [5.41, 5.74) is 6.80. The predicted octanol–water partition coefficient (Wildman–Crippen LogP) is 3.15. The molecule has 0 radical (unpaired) electrons. The quantitative estimate of drug-likeness (QED) is 0.869. The van der Waals surface area contributed by atoms with Crippen LogP contribution in [0, 0.1) is 0 Å². The highest BCUT2D eigenvalue weighted by molar-refractivity contribution is 9.10. The third-order valence-corrected chi connectivity index (χ3v) is 3.88. The molecule has 0 saturated heterocycles. The fourth-order valence-corrected chi connectivity index (χ4v) is 2.83. The first kappa shape index (κ1) is 13.6. The summed E-state index contributed by atoms with van der Waals surface area (Å²) in [5.74, 6) is -0.195. The van der Waals surface area contributed by atoms with E-state index in [2.05, 4.69) is 15.9 Å². The highest BCUT2D eigenvalue weighted by Gasteiger charge is 2.32. The average Bonchev–Trinajstić information content (AvgIpc) is 2.73. The van der Waals surface area contributed by atoms with Gasteiger partial charge in [0.05, 0.1) is 6.42 Å². The minimum Gasteiger partial charge on any atom is -0.461 e. The van der Waals surface area contributed by atoms with Gasteiger partial charge in [0, 0.05) is 10.0 Å². The number of nitrogens with two attached hydrogens (primary N) is 1. The molecule has 0 bridgehead atoms. The van der Waals surface area contributed by atoms with Crippen LogP contribution in [-0.4, -0.2) is 11.5 Å². The van der Waals surface area contributed by atoms with Crippen molar-refractivity contribution in [1.29, 1.82) is 0 Å². The molecule has 0 atom stereocenters. The van der Waals surface area contributed by atoms with Gasteiger partial charge in [-0.3, -0.25) is 4.79 Å². The van der Waals surface area contributed by atoms with E-state index in [1.165, 1.54) is 0 Å². The van der Waals surface area contributed by atoms with Gasteiger partial charge in [0.1, 0.15) is 6.61 Å². The molecule has 0 amide bonds. The Morgan fingerprint density at radius 1 is 1.39 bits per heavy atom. The number of hydrogen-bond donors (Lipinski definition) is 1. The fraction of sp³-hybridized carbons (Fsp3) is 0.500. The highest BCUT2D eigenvalue weighted by Crippen LogP contribution is 2.30. The molecule has 18 heavy (non-hydrogen) atoms. The molecule has 2 rings (SSSR count). The normalized spacial score (nSPS) is 17.7. The molecule has 0 unspecified atom stereocenters. The Labute approximate surface area is 116 Å². The lowest BCUT2D eigenvalue weighted by molar-refractivity contribution is -0.146. The summed E-state index contributed by atoms with van der Waals surface area (Å²) in [4.78, 5) is 11.7. The van der Waals surface area contributed by atoms with E-state index < -0.39 is 0 Å². The number of rotatable bonds is 4. The Balaban J connectivity index is 1.81. The van der Waals surface area contributed by atoms with Gasteiger partial charge in [0.15, 0.2) is 0 Å². The van der Waals surface area contributed by atoms with E-state index in [1.807, 2.05) is 24.3 Å². The maximum atomic E-state index is 11.7. The molecule has 1 aliphatic carbocycles. The molecule has 2 N–H and O–H groups in total. The van der Waals surface area contributed by atoms with Crippen molar-refractivity contribution in [3.8, 4) is 0 Å². The minimum atomic E-state index is -0.325. The molecule has 98 valence electrons. The highest BCUT2D eigenvalue weighted by atomic mass is 79.9. The Bertz CT molecular complexity index is 428. The van der Waals surface area contributed by atoms with Crippen molar-refractivity contribution >= 4 is 21.9 Å². The van der Waals surface area contributed by atoms with Crippen LogP contribution in [0.5, 0.6) is 0 Å². The molecule has 1 saturated carbocycles. The topological polar surface area (TPSA) is 52.3 Å². The molecule has 0 heterocycles. The van der Waals surface area contributed by atoms with Crippen molar-refractivity contribution < 1.29 is 9.53 Å². The van der Waals surface area contributed by atoms with Gasteiger partial charge in [0.25, 0.3) is 0 Å². The molecule has 0 spiro atoms. The van der Waals surface area contributed by atoms with E-state index in [-0.39, 0.29) is 11.5 Å². The summed E-state index contributed by atoms with van der Waals surface area (Å²) in [6.07, 6.45) is 4.43. The van der Waals surface area contributed by atoms with Crippen molar-refractivity contribution in [2.24, 2.45) is 5.73 Å². The van der Waals surface area contributed by atoms with Crippen LogP contribution in [0.1, 0.15) is 37.7 Å². The van der Waals surface area contributed by atoms with Crippen LogP contribution in [0.3, 0.4) is 0 Å². The van der Waals surface area contributed by atoms with Crippen LogP contribution >= 0.6 is 15.9 Å². The molecule has 3 nitrogen and oxygen atoms in total. The fourth-order valence-electron chi connectivity index (χ4n) is 2.38. The number of esters is 1. The second-order valence-electron chi connectivity index (χ2n) is 5.04. The maximum absolute atomic E-state index is 11.7. The summed E-state index contributed by atoms with van der Waals surface area (Å²) >= 11 is 3.39. The van der Waals surface area contributed by atoms with Crippen molar-refractivity contribution in [3.63, 3.8) is 0 Å². The first-order chi connectivity index (χ1) is 8.57. The molecule has 1 fully saturated rings. The van der Waals surface area contributed by atoms with Gasteiger partial charge in [0.2, 0.25) is 0 Å². The second kappa shape index (κ2) is 5.85. The van der Waals surface area contributed by atoms with E-state index in [4.69, 9.17) is 10.5 Å². The lowest BCUT2D eigenvalue weighted by Gasteiger charge is -2.21. The maximum Gasteiger partial charge on any atom is 0.307 e. The third-order valence-electron chi connectivity index (χ3n) is 3.38. The van der Waals surface area contributed by atoms with Gasteiger partial charge < -0.3 is 10.5 Å². The molecule has 1 aliphatic rings. The van der Waals surface area contributed by atoms with Crippen LogP contribution in [-0.2, 0) is 16.1 Å². The number of ether oxygens (including phenoxy) is 1. The predicted molar refractivity (Wildman–Crippen MR) is 73.9 cm³/mol. The number of halogens is 1. The molecule has 4 heteroatoms. The largest absolute Gasteiger partial charge is 0.461 e. The molecule has 0 aliphatic heterocycles. The van der Waals surface area contributed by atoms with Gasteiger partial charge in [-0.25, -0.2) is 0 Å². The standard InChI is InChI=1S/C14H18BrNO2/c15-12-5-3-4-11(8-12)10-18-13(17)9-14(16)6-1-2-7-14/h3-5,8H,1-2,6-7,9-10,16H2. The van der Waals surface area contributed by atoms with Crippen molar-refractivity contribution in [2.75, 3.05) is 0 Å². The third kappa shape index (κ3) is 3.82. The first-order valence-electron chi connectivity index (χ1n) is 6.26. The zero-order chi connectivity index (χ0) is 13.0. The number of hydrogen-bond acceptors (Lipinski definition) is 3. The Morgan fingerprint density at radius 3 is 2.78 bits per heavy atom. The van der Waals surface area contributed by atoms with Crippen LogP contribution < -0.4 is 5.73 Å². The van der Waals surface area contributed by atoms with Crippen LogP contribution in [0.25, 0.3) is 0 Å². The van der Waals surface area contributed by atoms with Crippen molar-refractivity contribution in [2.45, 2.75) is 44.2 Å². The van der Waals surface area contributed by atoms with Gasteiger partial charge >= 0.3 is 5.97 Å². The van der Waals surface area contributed by atoms with Gasteiger partial charge in [-0.2, -0.15) is 0 Å². The molecule has 1 aromatic rings. The van der Waals surface area contributed by atoms with Crippen LogP contribution in [0.15, 0.2) is 28.7 Å². The van der Waals surface area contributed by atoms with E-state index in [0.717, 1.165) is 35.7 Å². The van der Waals surface area contributed by atoms with E-state index in [9.17, 15) is 4.79 Å². The van der Waals surface area contributed by atoms with E-state index >= 15 is 0 Å². The summed E-state index contributed by atoms with van der Waals surface area (Å²) in [6, 6.07) is 7.75. The summed E-state index contributed by atoms with van der Waals surface area (Å²) in [6.45, 7) is 0.314. The summed E-state index contributed by atoms with van der Waals surface area (Å²) in [5, 5.41) is 0. The monoisotopic (exact) mass is 311 g/mol. The summed E-state index contributed by atoms with van der Waals surface area (Å²) in [7, 11) is 0. The second-order valence-corrected chi connectivity index (χ2v) is 5.95. The lowest BCUT2D eigenvalue weighted by Crippen LogP contribution is -2.39. The van der Waals surface area contributed by atoms with Crippen LogP contribution in [0.4, 0.5) is 0 Å². The lowest BCUT2D eigenvalue weighted by atomic mass is 9.95. The Kier molecular flexibility index (Phi) is 4.40. The SMILES string of the molecule is NC1(CC(=O)OCc2cccc(Br)c2)CCCC1. The van der Waals surface area contributed by atoms with Crippen molar-refractivity contribution in [1.82, 2.24) is 0 Å². The molecular formula is C14H18BrNO2. The van der Waals surface area contributed by atoms with Crippen LogP contribution in [0.2, 0.25) is 0 Å². The van der Waals surface area contributed by atoms with Gasteiger partial charge in [-0.1, -0.05) is 40.9 Å². The van der Waals surface area contributed by atoms with Gasteiger partial charge in [-0.15, -0.1) is 0 Å². The molecular weight excluding hydrogens is 294 g/mol. The minimum absolute atomic E-state index is 0.195. The Morgan fingerprint density at radius 2 is 2.11 bits per heavy atom. The molecule has 0 aromatic heterocycles.